The monoisotopic (exact) mass is 248 g/mol. The number of nitrogens with two attached hydrogens (primary N) is 1. The molecular weight excluding hydrogens is 232 g/mol. The number of nitriles is 1. The molecule has 5 nitrogen and oxygen atoms in total. The highest BCUT2D eigenvalue weighted by atomic mass is 16.5. The van der Waals surface area contributed by atoms with Crippen molar-refractivity contribution < 1.29 is 14.3 Å². The van der Waals surface area contributed by atoms with Crippen LogP contribution in [0.3, 0.4) is 0 Å². The van der Waals surface area contributed by atoms with Crippen LogP contribution in [0.15, 0.2) is 12.1 Å². The number of nitrogens with zero attached hydrogens (tertiary/aromatic N) is 1. The van der Waals surface area contributed by atoms with E-state index in [2.05, 4.69) is 0 Å². The van der Waals surface area contributed by atoms with Gasteiger partial charge in [-0.3, -0.25) is 4.79 Å². The SMILES string of the molecule is CCOC(=O)Cc1ccc(CN)c(OC)c1C#N. The van der Waals surface area contributed by atoms with Crippen molar-refractivity contribution in [2.45, 2.75) is 19.9 Å². The Labute approximate surface area is 106 Å². The van der Waals surface area contributed by atoms with Gasteiger partial charge >= 0.3 is 5.97 Å². The summed E-state index contributed by atoms with van der Waals surface area (Å²) in [6, 6.07) is 5.52. The molecule has 0 saturated heterocycles. The number of benzene rings is 1. The van der Waals surface area contributed by atoms with E-state index in [4.69, 9.17) is 15.2 Å². The second-order valence-corrected chi connectivity index (χ2v) is 3.59. The molecule has 0 radical (unpaired) electrons. The van der Waals surface area contributed by atoms with Gasteiger partial charge < -0.3 is 15.2 Å². The van der Waals surface area contributed by atoms with Crippen LogP contribution in [0.4, 0.5) is 0 Å². The van der Waals surface area contributed by atoms with Gasteiger partial charge in [-0.25, -0.2) is 0 Å². The summed E-state index contributed by atoms with van der Waals surface area (Å²) in [4.78, 5) is 11.4. The van der Waals surface area contributed by atoms with Crippen LogP contribution in [0.5, 0.6) is 5.75 Å². The van der Waals surface area contributed by atoms with Gasteiger partial charge in [-0.1, -0.05) is 12.1 Å². The predicted molar refractivity (Wildman–Crippen MR) is 65.9 cm³/mol. The molecule has 0 heterocycles. The van der Waals surface area contributed by atoms with Crippen molar-refractivity contribution in [3.63, 3.8) is 0 Å². The minimum absolute atomic E-state index is 0.0535. The van der Waals surface area contributed by atoms with Crippen LogP contribution >= 0.6 is 0 Å². The lowest BCUT2D eigenvalue weighted by Crippen LogP contribution is -2.10. The zero-order valence-electron chi connectivity index (χ0n) is 10.5. The van der Waals surface area contributed by atoms with E-state index >= 15 is 0 Å². The molecule has 0 unspecified atom stereocenters. The molecule has 0 aliphatic heterocycles. The predicted octanol–water partition coefficient (Wildman–Crippen LogP) is 1.13. The lowest BCUT2D eigenvalue weighted by Gasteiger charge is -2.12. The van der Waals surface area contributed by atoms with E-state index in [-0.39, 0.29) is 18.9 Å². The summed E-state index contributed by atoms with van der Waals surface area (Å²) in [5.41, 5.74) is 7.23. The van der Waals surface area contributed by atoms with Crippen LogP contribution in [0.2, 0.25) is 0 Å². The number of carbonyl (C=O) groups excluding carboxylic acids is 1. The molecule has 0 atom stereocenters. The summed E-state index contributed by atoms with van der Waals surface area (Å²) >= 11 is 0. The molecule has 1 rings (SSSR count). The highest BCUT2D eigenvalue weighted by molar-refractivity contribution is 5.74. The molecule has 0 fully saturated rings. The average molecular weight is 248 g/mol. The number of rotatable bonds is 5. The van der Waals surface area contributed by atoms with Gasteiger partial charge in [0.25, 0.3) is 0 Å². The standard InChI is InChI=1S/C13H16N2O3/c1-3-18-12(16)6-9-4-5-10(7-14)13(17-2)11(9)8-15/h4-5H,3,6-7,14H2,1-2H3. The van der Waals surface area contributed by atoms with E-state index in [1.165, 1.54) is 7.11 Å². The van der Waals surface area contributed by atoms with Crippen LogP contribution in [0.25, 0.3) is 0 Å². The summed E-state index contributed by atoms with van der Waals surface area (Å²) in [5, 5.41) is 9.17. The third-order valence-electron chi connectivity index (χ3n) is 2.50. The third-order valence-corrected chi connectivity index (χ3v) is 2.50. The summed E-state index contributed by atoms with van der Waals surface area (Å²) in [6.45, 7) is 2.33. The van der Waals surface area contributed by atoms with Crippen LogP contribution in [-0.2, 0) is 22.5 Å². The number of hydrogen-bond donors (Lipinski definition) is 1. The molecule has 5 heteroatoms. The Bertz CT molecular complexity index is 478. The number of esters is 1. The van der Waals surface area contributed by atoms with E-state index in [9.17, 15) is 10.1 Å². The van der Waals surface area contributed by atoms with Gasteiger partial charge in [0, 0.05) is 12.1 Å². The Morgan fingerprint density at radius 2 is 2.11 bits per heavy atom. The molecule has 96 valence electrons. The van der Waals surface area contributed by atoms with Crippen molar-refractivity contribution in [2.24, 2.45) is 5.73 Å². The molecular formula is C13H16N2O3. The maximum absolute atomic E-state index is 11.4. The second-order valence-electron chi connectivity index (χ2n) is 3.59. The Balaban J connectivity index is 3.14. The van der Waals surface area contributed by atoms with E-state index in [1.807, 2.05) is 6.07 Å². The highest BCUT2D eigenvalue weighted by Crippen LogP contribution is 2.26. The first-order valence-corrected chi connectivity index (χ1v) is 5.62. The van der Waals surface area contributed by atoms with Gasteiger partial charge in [0.05, 0.1) is 25.7 Å². The number of hydrogen-bond acceptors (Lipinski definition) is 5. The summed E-state index contributed by atoms with van der Waals surface area (Å²) in [6.07, 6.45) is 0.0535. The van der Waals surface area contributed by atoms with Gasteiger partial charge in [-0.15, -0.1) is 0 Å². The quantitative estimate of drug-likeness (QED) is 0.789. The molecule has 18 heavy (non-hydrogen) atoms. The third kappa shape index (κ3) is 2.99. The van der Waals surface area contributed by atoms with E-state index in [0.29, 0.717) is 23.5 Å². The maximum atomic E-state index is 11.4. The number of carbonyl (C=O) groups is 1. The molecule has 2 N–H and O–H groups in total. The van der Waals surface area contributed by atoms with Gasteiger partial charge in [-0.05, 0) is 12.5 Å². The fraction of sp³-hybridized carbons (Fsp3) is 0.385. The smallest absolute Gasteiger partial charge is 0.310 e. The van der Waals surface area contributed by atoms with Crippen LogP contribution in [0.1, 0.15) is 23.6 Å². The average Bonchev–Trinajstić information content (AvgIpc) is 2.38. The summed E-state index contributed by atoms with van der Waals surface area (Å²) in [5.74, 6) is 0.0679. The van der Waals surface area contributed by atoms with Crippen molar-refractivity contribution in [1.82, 2.24) is 0 Å². The minimum atomic E-state index is -0.364. The summed E-state index contributed by atoms with van der Waals surface area (Å²) < 4.78 is 10.0. The Hall–Kier alpha value is -2.06. The lowest BCUT2D eigenvalue weighted by atomic mass is 10.0. The van der Waals surface area contributed by atoms with E-state index in [1.54, 1.807) is 19.1 Å². The first-order valence-electron chi connectivity index (χ1n) is 5.62. The molecule has 0 amide bonds. The van der Waals surface area contributed by atoms with Crippen molar-refractivity contribution in [1.29, 1.82) is 5.26 Å². The molecule has 0 aliphatic rings. The topological polar surface area (TPSA) is 85.3 Å². The second kappa shape index (κ2) is 6.62. The van der Waals surface area contributed by atoms with Gasteiger partial charge in [0.2, 0.25) is 0 Å². The fourth-order valence-electron chi connectivity index (χ4n) is 1.70. The van der Waals surface area contributed by atoms with Crippen LogP contribution in [-0.4, -0.2) is 19.7 Å². The molecule has 1 aromatic rings. The number of methoxy groups -OCH3 is 1. The van der Waals surface area contributed by atoms with Gasteiger partial charge in [0.15, 0.2) is 0 Å². The Morgan fingerprint density at radius 3 is 2.61 bits per heavy atom. The van der Waals surface area contributed by atoms with Gasteiger partial charge in [-0.2, -0.15) is 5.26 Å². The first-order chi connectivity index (χ1) is 8.67. The van der Waals surface area contributed by atoms with Crippen LogP contribution < -0.4 is 10.5 Å². The molecule has 0 spiro atoms. The van der Waals surface area contributed by atoms with Crippen molar-refractivity contribution in [3.05, 3.63) is 28.8 Å². The minimum Gasteiger partial charge on any atom is -0.495 e. The lowest BCUT2D eigenvalue weighted by molar-refractivity contribution is -0.142. The normalized spacial score (nSPS) is 9.67. The van der Waals surface area contributed by atoms with Crippen molar-refractivity contribution in [3.8, 4) is 11.8 Å². The largest absolute Gasteiger partial charge is 0.495 e. The molecule has 0 saturated carbocycles. The Kier molecular flexibility index (Phi) is 5.15. The van der Waals surface area contributed by atoms with Crippen molar-refractivity contribution >= 4 is 5.97 Å². The van der Waals surface area contributed by atoms with E-state index in [0.717, 1.165) is 5.56 Å². The number of ether oxygens (including phenoxy) is 2. The molecule has 0 aromatic heterocycles. The molecule has 1 aromatic carbocycles. The molecule has 0 aliphatic carbocycles. The highest BCUT2D eigenvalue weighted by Gasteiger charge is 2.15. The van der Waals surface area contributed by atoms with Gasteiger partial charge in [0.1, 0.15) is 11.8 Å². The van der Waals surface area contributed by atoms with E-state index < -0.39 is 0 Å². The maximum Gasteiger partial charge on any atom is 0.310 e. The van der Waals surface area contributed by atoms with Crippen LogP contribution in [0, 0.1) is 11.3 Å². The fourth-order valence-corrected chi connectivity index (χ4v) is 1.70. The Morgan fingerprint density at radius 1 is 1.44 bits per heavy atom. The first kappa shape index (κ1) is 14.0. The summed E-state index contributed by atoms with van der Waals surface area (Å²) in [7, 11) is 1.48. The zero-order chi connectivity index (χ0) is 13.5. The molecule has 0 bridgehead atoms. The zero-order valence-corrected chi connectivity index (χ0v) is 10.5. The van der Waals surface area contributed by atoms with Crippen molar-refractivity contribution in [2.75, 3.05) is 13.7 Å².